The molecule has 1 aromatic rings. The molecule has 0 radical (unpaired) electrons. The maximum absolute atomic E-state index is 7.98. The molecular formula is C6H6FN3. The molecule has 0 fully saturated rings. The lowest BCUT2D eigenvalue weighted by molar-refractivity contribution is 1.11. The van der Waals surface area contributed by atoms with Crippen molar-refractivity contribution >= 4 is 5.69 Å². The molecule has 0 aliphatic rings. The van der Waals surface area contributed by atoms with E-state index in [1.807, 2.05) is 18.2 Å². The van der Waals surface area contributed by atoms with Gasteiger partial charge in [-0.05, 0) is 5.53 Å². The minimum Gasteiger partial charge on any atom is -0.269 e. The Labute approximate surface area is 57.3 Å². The van der Waals surface area contributed by atoms with E-state index >= 15 is 0 Å². The van der Waals surface area contributed by atoms with E-state index in [-0.39, 0.29) is 4.70 Å². The highest BCUT2D eigenvalue weighted by molar-refractivity contribution is 5.35. The van der Waals surface area contributed by atoms with Crippen LogP contribution in [0.15, 0.2) is 35.4 Å². The van der Waals surface area contributed by atoms with Gasteiger partial charge in [-0.25, -0.2) is 0 Å². The zero-order valence-corrected chi connectivity index (χ0v) is 5.14. The van der Waals surface area contributed by atoms with Crippen molar-refractivity contribution in [3.63, 3.8) is 0 Å². The van der Waals surface area contributed by atoms with Crippen molar-refractivity contribution in [3.05, 3.63) is 40.8 Å². The van der Waals surface area contributed by atoms with Gasteiger partial charge >= 0.3 is 0 Å². The molecule has 0 aliphatic carbocycles. The van der Waals surface area contributed by atoms with Crippen LogP contribution in [0.3, 0.4) is 0 Å². The van der Waals surface area contributed by atoms with Crippen LogP contribution in [0.1, 0.15) is 0 Å². The average molecular weight is 139 g/mol. The Bertz CT molecular complexity index is 228. The normalized spacial score (nSPS) is 7.20. The topological polar surface area (TPSA) is 48.8 Å². The first-order valence-electron chi connectivity index (χ1n) is 2.53. The molecule has 0 bridgehead atoms. The van der Waals surface area contributed by atoms with Crippen molar-refractivity contribution < 1.29 is 4.70 Å². The summed E-state index contributed by atoms with van der Waals surface area (Å²) in [6, 6.07) is 9.02. The second-order valence-electron chi connectivity index (χ2n) is 1.52. The third kappa shape index (κ3) is 2.15. The molecule has 0 aromatic heterocycles. The van der Waals surface area contributed by atoms with Crippen LogP contribution in [0.4, 0.5) is 10.4 Å². The van der Waals surface area contributed by atoms with E-state index in [1.54, 1.807) is 12.1 Å². The number of azide groups is 1. The zero-order chi connectivity index (χ0) is 6.53. The molecule has 3 nitrogen and oxygen atoms in total. The summed E-state index contributed by atoms with van der Waals surface area (Å²) in [4.78, 5) is 2.63. The highest BCUT2D eigenvalue weighted by atomic mass is 19.0. The van der Waals surface area contributed by atoms with Gasteiger partial charge in [0, 0.05) is 10.6 Å². The summed E-state index contributed by atoms with van der Waals surface area (Å²) >= 11 is 0. The number of hydrogen-bond acceptors (Lipinski definition) is 1. The van der Waals surface area contributed by atoms with E-state index in [9.17, 15) is 0 Å². The molecule has 0 N–H and O–H groups in total. The first-order valence-corrected chi connectivity index (χ1v) is 2.53. The first-order chi connectivity index (χ1) is 4.43. The van der Waals surface area contributed by atoms with Gasteiger partial charge in [0.25, 0.3) is 0 Å². The van der Waals surface area contributed by atoms with Gasteiger partial charge in [-0.3, -0.25) is 4.70 Å². The van der Waals surface area contributed by atoms with Gasteiger partial charge in [0.2, 0.25) is 0 Å². The van der Waals surface area contributed by atoms with Crippen LogP contribution in [0.2, 0.25) is 0 Å². The van der Waals surface area contributed by atoms with Gasteiger partial charge in [-0.1, -0.05) is 35.4 Å². The van der Waals surface area contributed by atoms with Gasteiger partial charge < -0.3 is 0 Å². The highest BCUT2D eigenvalue weighted by Gasteiger charge is 1.78. The van der Waals surface area contributed by atoms with Gasteiger partial charge in [0.15, 0.2) is 0 Å². The van der Waals surface area contributed by atoms with Gasteiger partial charge in [-0.2, -0.15) is 0 Å². The molecule has 10 heavy (non-hydrogen) atoms. The van der Waals surface area contributed by atoms with E-state index < -0.39 is 0 Å². The van der Waals surface area contributed by atoms with Crippen molar-refractivity contribution in [3.8, 4) is 0 Å². The molecule has 4 heteroatoms. The minimum atomic E-state index is 0. The summed E-state index contributed by atoms with van der Waals surface area (Å²) in [5, 5.41) is 3.39. The maximum Gasteiger partial charge on any atom is 0.0375 e. The second-order valence-corrected chi connectivity index (χ2v) is 1.52. The van der Waals surface area contributed by atoms with E-state index in [0.29, 0.717) is 5.69 Å². The van der Waals surface area contributed by atoms with Crippen LogP contribution in [-0.2, 0) is 0 Å². The van der Waals surface area contributed by atoms with E-state index in [2.05, 4.69) is 10.0 Å². The lowest BCUT2D eigenvalue weighted by Crippen LogP contribution is -1.56. The fourth-order valence-electron chi connectivity index (χ4n) is 0.546. The Balaban J connectivity index is 0.000000810. The van der Waals surface area contributed by atoms with E-state index in [0.717, 1.165) is 0 Å². The summed E-state index contributed by atoms with van der Waals surface area (Å²) in [5.74, 6) is 0. The monoisotopic (exact) mass is 139 g/mol. The van der Waals surface area contributed by atoms with Crippen LogP contribution in [0.25, 0.3) is 10.4 Å². The van der Waals surface area contributed by atoms with Crippen molar-refractivity contribution in [1.29, 1.82) is 0 Å². The second kappa shape index (κ2) is 4.35. The maximum atomic E-state index is 7.98. The number of nitrogens with zero attached hydrogens (tertiary/aromatic N) is 3. The van der Waals surface area contributed by atoms with Crippen LogP contribution in [-0.4, -0.2) is 0 Å². The minimum absolute atomic E-state index is 0. The molecule has 0 saturated carbocycles. The third-order valence-electron chi connectivity index (χ3n) is 0.916. The molecule has 0 aliphatic heterocycles. The van der Waals surface area contributed by atoms with Crippen molar-refractivity contribution in [2.75, 3.05) is 0 Å². The number of hydrogen-bond donors (Lipinski definition) is 0. The molecule has 0 saturated heterocycles. The summed E-state index contributed by atoms with van der Waals surface area (Å²) < 4.78 is 0. The molecule has 0 spiro atoms. The SMILES string of the molecule is F.[N-]=[N+]=Nc1ccccc1. The Morgan fingerprint density at radius 2 is 1.80 bits per heavy atom. The molecule has 52 valence electrons. The van der Waals surface area contributed by atoms with Gasteiger partial charge in [-0.15, -0.1) is 0 Å². The smallest absolute Gasteiger partial charge is 0.0375 e. The Morgan fingerprint density at radius 1 is 1.20 bits per heavy atom. The van der Waals surface area contributed by atoms with E-state index in [4.69, 9.17) is 5.53 Å². The number of halogens is 1. The number of benzene rings is 1. The molecule has 1 aromatic carbocycles. The summed E-state index contributed by atoms with van der Waals surface area (Å²) in [6.45, 7) is 0. The Kier molecular flexibility index (Phi) is 3.68. The fourth-order valence-corrected chi connectivity index (χ4v) is 0.546. The van der Waals surface area contributed by atoms with Crippen LogP contribution >= 0.6 is 0 Å². The standard InChI is InChI=1S/C6H5N3.FH/c7-9-8-6-4-2-1-3-5-6;/h1-5H;1H. The molecule has 0 unspecified atom stereocenters. The molecular weight excluding hydrogens is 133 g/mol. The van der Waals surface area contributed by atoms with Crippen LogP contribution in [0.5, 0.6) is 0 Å². The van der Waals surface area contributed by atoms with Crippen LogP contribution < -0.4 is 0 Å². The molecule has 0 heterocycles. The summed E-state index contributed by atoms with van der Waals surface area (Å²) in [6.07, 6.45) is 0. The molecule has 1 rings (SSSR count). The quantitative estimate of drug-likeness (QED) is 0.326. The summed E-state index contributed by atoms with van der Waals surface area (Å²) in [5.41, 5.74) is 8.63. The lowest BCUT2D eigenvalue weighted by Gasteiger charge is -1.83. The molecule has 0 amide bonds. The van der Waals surface area contributed by atoms with Gasteiger partial charge in [0.05, 0.1) is 0 Å². The Hall–Kier alpha value is -1.54. The zero-order valence-electron chi connectivity index (χ0n) is 5.14. The number of rotatable bonds is 1. The van der Waals surface area contributed by atoms with E-state index in [1.165, 1.54) is 0 Å². The first kappa shape index (κ1) is 8.46. The Morgan fingerprint density at radius 3 is 2.30 bits per heavy atom. The lowest BCUT2D eigenvalue weighted by atomic mass is 10.3. The average Bonchev–Trinajstić information content (AvgIpc) is 1.91. The van der Waals surface area contributed by atoms with Crippen molar-refractivity contribution in [2.45, 2.75) is 0 Å². The molecule has 0 atom stereocenters. The van der Waals surface area contributed by atoms with Gasteiger partial charge in [0.1, 0.15) is 0 Å². The van der Waals surface area contributed by atoms with Crippen LogP contribution in [0, 0.1) is 0 Å². The predicted molar refractivity (Wildman–Crippen MR) is 37.8 cm³/mol. The largest absolute Gasteiger partial charge is 0.269 e. The predicted octanol–water partition coefficient (Wildman–Crippen LogP) is 2.78. The third-order valence-corrected chi connectivity index (χ3v) is 0.916. The van der Waals surface area contributed by atoms with Crippen molar-refractivity contribution in [1.82, 2.24) is 0 Å². The van der Waals surface area contributed by atoms with Crippen molar-refractivity contribution in [2.24, 2.45) is 5.11 Å². The fraction of sp³-hybridized carbons (Fsp3) is 0. The summed E-state index contributed by atoms with van der Waals surface area (Å²) in [7, 11) is 0. The highest BCUT2D eigenvalue weighted by Crippen LogP contribution is 2.08.